The van der Waals surface area contributed by atoms with Crippen LogP contribution < -0.4 is 5.32 Å². The molecule has 0 aliphatic rings. The second-order valence-electron chi connectivity index (χ2n) is 4.56. The quantitative estimate of drug-likeness (QED) is 0.901. The molecule has 0 aromatic carbocycles. The Bertz CT molecular complexity index is 560. The summed E-state index contributed by atoms with van der Waals surface area (Å²) in [5.74, 6) is 0.129. The van der Waals surface area contributed by atoms with Gasteiger partial charge in [-0.05, 0) is 18.4 Å². The number of nitrogens with zero attached hydrogens (tertiary/aromatic N) is 2. The number of carbonyl (C=O) groups excluding carboxylic acids is 1. The number of hydrogen-bond donors (Lipinski definition) is 1. The average molecular weight is 247 g/mol. The summed E-state index contributed by atoms with van der Waals surface area (Å²) in [7, 11) is 0. The molecule has 0 spiro atoms. The van der Waals surface area contributed by atoms with Gasteiger partial charge in [-0.25, -0.2) is 4.98 Å². The van der Waals surface area contributed by atoms with Crippen molar-refractivity contribution in [2.45, 2.75) is 33.1 Å². The van der Waals surface area contributed by atoms with E-state index in [-0.39, 0.29) is 11.8 Å². The van der Waals surface area contributed by atoms with Gasteiger partial charge in [0.2, 0.25) is 0 Å². The normalized spacial score (nSPS) is 11.1. The van der Waals surface area contributed by atoms with Gasteiger partial charge in [0.15, 0.2) is 0 Å². The summed E-state index contributed by atoms with van der Waals surface area (Å²) in [4.78, 5) is 16.0. The van der Waals surface area contributed by atoms with Gasteiger partial charge in [-0.15, -0.1) is 0 Å². The van der Waals surface area contributed by atoms with Crippen LogP contribution in [0.5, 0.6) is 0 Å². The number of nitrogens with one attached hydrogen (secondary N) is 1. The summed E-state index contributed by atoms with van der Waals surface area (Å²) >= 11 is 0. The maximum Gasteiger partial charge on any atom is 0.257 e. The maximum atomic E-state index is 11.8. The molecule has 2 aromatic rings. The second-order valence-corrected chi connectivity index (χ2v) is 4.56. The van der Waals surface area contributed by atoms with E-state index in [0.29, 0.717) is 17.8 Å². The fourth-order valence-corrected chi connectivity index (χ4v) is 1.73. The Morgan fingerprint density at radius 3 is 2.94 bits per heavy atom. The van der Waals surface area contributed by atoms with E-state index >= 15 is 0 Å². The molecule has 96 valence electrons. The van der Waals surface area contributed by atoms with Gasteiger partial charge in [-0.2, -0.15) is 0 Å². The first-order valence-electron chi connectivity index (χ1n) is 6.17. The van der Waals surface area contributed by atoms with Crippen molar-refractivity contribution >= 4 is 17.0 Å². The van der Waals surface area contributed by atoms with E-state index in [1.807, 2.05) is 20.8 Å². The van der Waals surface area contributed by atoms with Gasteiger partial charge in [0.1, 0.15) is 0 Å². The first-order chi connectivity index (χ1) is 8.63. The molecule has 5 heteroatoms. The zero-order valence-corrected chi connectivity index (χ0v) is 10.9. The monoisotopic (exact) mass is 247 g/mol. The topological polar surface area (TPSA) is 68.0 Å². The molecular formula is C13H17N3O2. The molecule has 0 unspecified atom stereocenters. The van der Waals surface area contributed by atoms with Crippen LogP contribution in [-0.2, 0) is 0 Å². The minimum absolute atomic E-state index is 0.109. The average Bonchev–Trinajstić information content (AvgIpc) is 2.78. The van der Waals surface area contributed by atoms with Gasteiger partial charge in [-0.1, -0.05) is 25.9 Å². The predicted molar refractivity (Wildman–Crippen MR) is 68.5 cm³/mol. The van der Waals surface area contributed by atoms with Crippen LogP contribution in [0.4, 0.5) is 0 Å². The lowest BCUT2D eigenvalue weighted by Gasteiger charge is -2.03. The first kappa shape index (κ1) is 12.5. The van der Waals surface area contributed by atoms with E-state index < -0.39 is 0 Å². The van der Waals surface area contributed by atoms with Crippen molar-refractivity contribution in [2.75, 3.05) is 6.54 Å². The Balaban J connectivity index is 2.36. The molecule has 0 saturated carbocycles. The van der Waals surface area contributed by atoms with E-state index in [4.69, 9.17) is 4.52 Å². The molecule has 0 saturated heterocycles. The van der Waals surface area contributed by atoms with Gasteiger partial charge in [0.25, 0.3) is 11.6 Å². The molecule has 0 aliphatic heterocycles. The number of amides is 1. The molecule has 0 radical (unpaired) electrons. The summed E-state index contributed by atoms with van der Waals surface area (Å²) in [5.41, 5.74) is 1.86. The van der Waals surface area contributed by atoms with Crippen molar-refractivity contribution in [3.63, 3.8) is 0 Å². The van der Waals surface area contributed by atoms with Gasteiger partial charge >= 0.3 is 0 Å². The summed E-state index contributed by atoms with van der Waals surface area (Å²) in [6.45, 7) is 6.73. The highest BCUT2D eigenvalue weighted by Gasteiger charge is 2.15. The molecule has 18 heavy (non-hydrogen) atoms. The molecule has 1 amide bonds. The number of hydrogen-bond acceptors (Lipinski definition) is 4. The van der Waals surface area contributed by atoms with Crippen LogP contribution in [-0.4, -0.2) is 22.6 Å². The Morgan fingerprint density at radius 1 is 1.50 bits per heavy atom. The number of pyridine rings is 1. The molecule has 2 rings (SSSR count). The minimum atomic E-state index is -0.109. The van der Waals surface area contributed by atoms with E-state index in [1.165, 1.54) is 6.20 Å². The highest BCUT2D eigenvalue weighted by Crippen LogP contribution is 2.23. The Hall–Kier alpha value is -1.91. The summed E-state index contributed by atoms with van der Waals surface area (Å²) < 4.78 is 5.13. The fourth-order valence-electron chi connectivity index (χ4n) is 1.73. The van der Waals surface area contributed by atoms with Crippen LogP contribution in [0, 0.1) is 0 Å². The van der Waals surface area contributed by atoms with Crippen LogP contribution in [0.25, 0.3) is 11.1 Å². The second kappa shape index (κ2) is 5.16. The van der Waals surface area contributed by atoms with E-state index in [2.05, 4.69) is 15.5 Å². The number of aromatic nitrogens is 2. The highest BCUT2D eigenvalue weighted by atomic mass is 16.5. The Labute approximate surface area is 106 Å². The standard InChI is InChI=1S/C13H17N3O2/c1-4-5-14-12(17)9-6-10-11(8(2)3)16-18-13(10)15-7-9/h6-8H,4-5H2,1-3H3,(H,14,17). The third-order valence-electron chi connectivity index (χ3n) is 2.70. The molecule has 5 nitrogen and oxygen atoms in total. The van der Waals surface area contributed by atoms with Crippen LogP contribution in [0.3, 0.4) is 0 Å². The predicted octanol–water partition coefficient (Wildman–Crippen LogP) is 2.49. The summed E-state index contributed by atoms with van der Waals surface area (Å²) in [6.07, 6.45) is 2.43. The third-order valence-corrected chi connectivity index (χ3v) is 2.70. The SMILES string of the molecule is CCCNC(=O)c1cnc2onc(C(C)C)c2c1. The molecule has 2 aromatic heterocycles. The fraction of sp³-hybridized carbons (Fsp3) is 0.462. The largest absolute Gasteiger partial charge is 0.352 e. The highest BCUT2D eigenvalue weighted by molar-refractivity contribution is 5.97. The van der Waals surface area contributed by atoms with Crippen LogP contribution in [0.15, 0.2) is 16.8 Å². The van der Waals surface area contributed by atoms with Crippen molar-refractivity contribution in [3.05, 3.63) is 23.5 Å². The van der Waals surface area contributed by atoms with E-state index in [1.54, 1.807) is 6.07 Å². The van der Waals surface area contributed by atoms with E-state index in [0.717, 1.165) is 17.5 Å². The van der Waals surface area contributed by atoms with Crippen molar-refractivity contribution < 1.29 is 9.32 Å². The smallest absolute Gasteiger partial charge is 0.257 e. The zero-order valence-electron chi connectivity index (χ0n) is 10.9. The lowest BCUT2D eigenvalue weighted by atomic mass is 10.1. The molecule has 0 atom stereocenters. The van der Waals surface area contributed by atoms with Crippen molar-refractivity contribution in [3.8, 4) is 0 Å². The first-order valence-corrected chi connectivity index (χ1v) is 6.17. The van der Waals surface area contributed by atoms with Crippen molar-refractivity contribution in [2.24, 2.45) is 0 Å². The van der Waals surface area contributed by atoms with Gasteiger partial charge in [0, 0.05) is 12.7 Å². The number of carbonyl (C=O) groups is 1. The third kappa shape index (κ3) is 2.34. The molecule has 0 aliphatic carbocycles. The van der Waals surface area contributed by atoms with Crippen LogP contribution >= 0.6 is 0 Å². The molecule has 2 heterocycles. The van der Waals surface area contributed by atoms with Crippen molar-refractivity contribution in [1.82, 2.24) is 15.5 Å². The molecule has 1 N–H and O–H groups in total. The van der Waals surface area contributed by atoms with Gasteiger partial charge < -0.3 is 9.84 Å². The molecule has 0 fully saturated rings. The van der Waals surface area contributed by atoms with E-state index in [9.17, 15) is 4.79 Å². The Kier molecular flexibility index (Phi) is 3.60. The minimum Gasteiger partial charge on any atom is -0.352 e. The Morgan fingerprint density at radius 2 is 2.28 bits per heavy atom. The number of fused-ring (bicyclic) bond motifs is 1. The van der Waals surface area contributed by atoms with Crippen LogP contribution in [0.1, 0.15) is 49.2 Å². The summed E-state index contributed by atoms with van der Waals surface area (Å²) in [5, 5.41) is 7.63. The lowest BCUT2D eigenvalue weighted by molar-refractivity contribution is 0.0953. The van der Waals surface area contributed by atoms with Gasteiger partial charge in [-0.3, -0.25) is 4.79 Å². The van der Waals surface area contributed by atoms with Crippen LogP contribution in [0.2, 0.25) is 0 Å². The lowest BCUT2D eigenvalue weighted by Crippen LogP contribution is -2.24. The molecular weight excluding hydrogens is 230 g/mol. The molecule has 0 bridgehead atoms. The van der Waals surface area contributed by atoms with Crippen molar-refractivity contribution in [1.29, 1.82) is 0 Å². The maximum absolute atomic E-state index is 11.8. The summed E-state index contributed by atoms with van der Waals surface area (Å²) in [6, 6.07) is 1.79. The zero-order chi connectivity index (χ0) is 13.1. The number of rotatable bonds is 4. The van der Waals surface area contributed by atoms with Gasteiger partial charge in [0.05, 0.1) is 16.6 Å².